The van der Waals surface area contributed by atoms with Gasteiger partial charge in [0.1, 0.15) is 5.82 Å². The maximum Gasteiger partial charge on any atom is 0.259 e. The normalized spacial score (nSPS) is 12.8. The Labute approximate surface area is 144 Å². The Morgan fingerprint density at radius 3 is 2.80 bits per heavy atom. The number of aromatic nitrogens is 1. The molecule has 4 rings (SSSR count). The lowest BCUT2D eigenvalue weighted by molar-refractivity contribution is 0.0989. The number of fused-ring (bicyclic) bond motifs is 1. The van der Waals surface area contributed by atoms with Gasteiger partial charge in [0.2, 0.25) is 0 Å². The number of pyridine rings is 1. The van der Waals surface area contributed by atoms with E-state index in [9.17, 15) is 9.18 Å². The first-order valence-corrected chi connectivity index (χ1v) is 8.08. The average molecular weight is 333 g/mol. The van der Waals surface area contributed by atoms with Gasteiger partial charge >= 0.3 is 0 Å². The second-order valence-electron chi connectivity index (χ2n) is 5.93. The summed E-state index contributed by atoms with van der Waals surface area (Å²) in [6.07, 6.45) is 4.02. The Bertz CT molecular complexity index is 941. The van der Waals surface area contributed by atoms with Crippen molar-refractivity contribution in [2.24, 2.45) is 0 Å². The minimum absolute atomic E-state index is 0.0830. The third kappa shape index (κ3) is 3.08. The van der Waals surface area contributed by atoms with Crippen LogP contribution in [0, 0.1) is 5.82 Å². The summed E-state index contributed by atoms with van der Waals surface area (Å²) in [4.78, 5) is 18.8. The fourth-order valence-corrected chi connectivity index (χ4v) is 3.06. The summed E-state index contributed by atoms with van der Waals surface area (Å²) >= 11 is 0. The van der Waals surface area contributed by atoms with Crippen molar-refractivity contribution in [3.63, 3.8) is 0 Å². The first kappa shape index (κ1) is 15.3. The molecule has 0 unspecified atom stereocenters. The predicted molar refractivity (Wildman–Crippen MR) is 95.7 cm³/mol. The van der Waals surface area contributed by atoms with Crippen LogP contribution in [-0.4, -0.2) is 17.4 Å². The second-order valence-corrected chi connectivity index (χ2v) is 5.93. The molecule has 1 amide bonds. The largest absolute Gasteiger partial charge is 0.354 e. The van der Waals surface area contributed by atoms with E-state index in [4.69, 9.17) is 0 Å². The number of carbonyl (C=O) groups is 1. The van der Waals surface area contributed by atoms with Gasteiger partial charge < -0.3 is 10.2 Å². The number of halogens is 1. The zero-order valence-corrected chi connectivity index (χ0v) is 13.4. The molecule has 1 aliphatic rings. The van der Waals surface area contributed by atoms with E-state index in [-0.39, 0.29) is 11.7 Å². The molecule has 4 nitrogen and oxygen atoms in total. The van der Waals surface area contributed by atoms with Crippen LogP contribution in [-0.2, 0) is 6.42 Å². The molecule has 0 radical (unpaired) electrons. The number of hydrogen-bond acceptors (Lipinski definition) is 3. The first-order chi connectivity index (χ1) is 12.2. The van der Waals surface area contributed by atoms with E-state index in [0.29, 0.717) is 23.5 Å². The van der Waals surface area contributed by atoms with Gasteiger partial charge in [0.15, 0.2) is 0 Å². The van der Waals surface area contributed by atoms with Gasteiger partial charge in [-0.1, -0.05) is 24.3 Å². The number of nitrogens with zero attached hydrogens (tertiary/aromatic N) is 2. The zero-order chi connectivity index (χ0) is 17.2. The number of benzene rings is 2. The van der Waals surface area contributed by atoms with E-state index in [1.807, 2.05) is 24.3 Å². The molecule has 124 valence electrons. The van der Waals surface area contributed by atoms with E-state index in [2.05, 4.69) is 10.3 Å². The number of hydrogen-bond donors (Lipinski definition) is 1. The van der Waals surface area contributed by atoms with Gasteiger partial charge in [-0.2, -0.15) is 0 Å². The van der Waals surface area contributed by atoms with Crippen molar-refractivity contribution >= 4 is 23.0 Å². The van der Waals surface area contributed by atoms with Gasteiger partial charge in [-0.15, -0.1) is 0 Å². The number of nitrogens with one attached hydrogen (secondary N) is 1. The average Bonchev–Trinajstić information content (AvgIpc) is 3.05. The summed E-state index contributed by atoms with van der Waals surface area (Å²) in [7, 11) is 0. The maximum atomic E-state index is 13.3. The number of rotatable bonds is 3. The van der Waals surface area contributed by atoms with E-state index in [1.165, 1.54) is 17.7 Å². The van der Waals surface area contributed by atoms with Crippen LogP contribution in [0.2, 0.25) is 0 Å². The fourth-order valence-electron chi connectivity index (χ4n) is 3.06. The van der Waals surface area contributed by atoms with Crippen molar-refractivity contribution in [3.8, 4) is 0 Å². The van der Waals surface area contributed by atoms with Crippen LogP contribution in [0.3, 0.4) is 0 Å². The van der Waals surface area contributed by atoms with E-state index < -0.39 is 0 Å². The lowest BCUT2D eigenvalue weighted by Gasteiger charge is -2.17. The van der Waals surface area contributed by atoms with Crippen molar-refractivity contribution in [1.29, 1.82) is 0 Å². The van der Waals surface area contributed by atoms with Gasteiger partial charge in [0.05, 0.1) is 17.4 Å². The topological polar surface area (TPSA) is 45.2 Å². The number of anilines is 3. The van der Waals surface area contributed by atoms with Crippen LogP contribution in [0.15, 0.2) is 67.0 Å². The summed E-state index contributed by atoms with van der Waals surface area (Å²) in [6.45, 7) is 0.666. The van der Waals surface area contributed by atoms with Crippen LogP contribution in [0.1, 0.15) is 15.9 Å². The molecule has 0 bridgehead atoms. The summed E-state index contributed by atoms with van der Waals surface area (Å²) in [5, 5.41) is 3.08. The summed E-state index contributed by atoms with van der Waals surface area (Å²) in [6, 6.07) is 15.8. The molecule has 0 saturated carbocycles. The Kier molecular flexibility index (Phi) is 3.90. The number of para-hydroxylation sites is 1. The summed E-state index contributed by atoms with van der Waals surface area (Å²) < 4.78 is 13.3. The van der Waals surface area contributed by atoms with Crippen molar-refractivity contribution in [1.82, 2.24) is 4.98 Å². The molecule has 2 heterocycles. The molecule has 25 heavy (non-hydrogen) atoms. The second kappa shape index (κ2) is 6.36. The van der Waals surface area contributed by atoms with Crippen molar-refractivity contribution < 1.29 is 9.18 Å². The summed E-state index contributed by atoms with van der Waals surface area (Å²) in [5.41, 5.74) is 3.88. The van der Waals surface area contributed by atoms with Crippen molar-refractivity contribution in [2.75, 3.05) is 16.8 Å². The van der Waals surface area contributed by atoms with Gasteiger partial charge in [-0.05, 0) is 42.3 Å². The Morgan fingerprint density at radius 2 is 1.92 bits per heavy atom. The summed E-state index contributed by atoms with van der Waals surface area (Å²) in [5.74, 6) is -0.404. The van der Waals surface area contributed by atoms with Crippen LogP contribution >= 0.6 is 0 Å². The van der Waals surface area contributed by atoms with E-state index >= 15 is 0 Å². The maximum absolute atomic E-state index is 13.3. The quantitative estimate of drug-likeness (QED) is 0.782. The van der Waals surface area contributed by atoms with E-state index in [0.717, 1.165) is 12.1 Å². The third-order valence-electron chi connectivity index (χ3n) is 4.23. The Morgan fingerprint density at radius 1 is 1.04 bits per heavy atom. The van der Waals surface area contributed by atoms with Crippen molar-refractivity contribution in [2.45, 2.75) is 6.42 Å². The lowest BCUT2D eigenvalue weighted by atomic mass is 10.2. The highest BCUT2D eigenvalue weighted by molar-refractivity contribution is 6.07. The Hall–Kier alpha value is -3.21. The SMILES string of the molecule is O=C(c1cncc(Nc2cccc(F)c2)c1)N1CCc2ccccc21. The Balaban J connectivity index is 1.58. The van der Waals surface area contributed by atoms with Gasteiger partial charge in [-0.25, -0.2) is 4.39 Å². The lowest BCUT2D eigenvalue weighted by Crippen LogP contribution is -2.29. The van der Waals surface area contributed by atoms with E-state index in [1.54, 1.807) is 35.5 Å². The number of carbonyl (C=O) groups excluding carboxylic acids is 1. The molecular formula is C20H16FN3O. The van der Waals surface area contributed by atoms with Gasteiger partial charge in [0.25, 0.3) is 5.91 Å². The highest BCUT2D eigenvalue weighted by atomic mass is 19.1. The smallest absolute Gasteiger partial charge is 0.259 e. The van der Waals surface area contributed by atoms with Gasteiger partial charge in [-0.3, -0.25) is 9.78 Å². The molecule has 1 N–H and O–H groups in total. The first-order valence-electron chi connectivity index (χ1n) is 8.08. The zero-order valence-electron chi connectivity index (χ0n) is 13.4. The van der Waals surface area contributed by atoms with Crippen LogP contribution < -0.4 is 10.2 Å². The monoisotopic (exact) mass is 333 g/mol. The molecule has 2 aromatic carbocycles. The minimum Gasteiger partial charge on any atom is -0.354 e. The van der Waals surface area contributed by atoms with Crippen molar-refractivity contribution in [3.05, 3.63) is 83.9 Å². The molecule has 0 saturated heterocycles. The molecule has 0 atom stereocenters. The molecule has 1 aromatic heterocycles. The molecule has 3 aromatic rings. The van der Waals surface area contributed by atoms with Gasteiger partial charge in [0, 0.05) is 24.1 Å². The molecule has 0 fully saturated rings. The number of amides is 1. The molecule has 0 aliphatic carbocycles. The van der Waals surface area contributed by atoms with Crippen LogP contribution in [0.5, 0.6) is 0 Å². The molecular weight excluding hydrogens is 317 g/mol. The molecule has 5 heteroatoms. The van der Waals surface area contributed by atoms with Crippen LogP contribution in [0.4, 0.5) is 21.5 Å². The van der Waals surface area contributed by atoms with Crippen LogP contribution in [0.25, 0.3) is 0 Å². The third-order valence-corrected chi connectivity index (χ3v) is 4.23. The standard InChI is InChI=1S/C20H16FN3O/c21-16-5-3-6-17(11-16)23-18-10-15(12-22-13-18)20(25)24-9-8-14-4-1-2-7-19(14)24/h1-7,10-13,23H,8-9H2. The predicted octanol–water partition coefficient (Wildman–Crippen LogP) is 4.17. The highest BCUT2D eigenvalue weighted by Gasteiger charge is 2.25. The molecule has 0 spiro atoms. The fraction of sp³-hybridized carbons (Fsp3) is 0.100. The molecule has 1 aliphatic heterocycles. The highest BCUT2D eigenvalue weighted by Crippen LogP contribution is 2.29. The minimum atomic E-state index is -0.320.